The van der Waals surface area contributed by atoms with Gasteiger partial charge in [-0.15, -0.1) is 0 Å². The van der Waals surface area contributed by atoms with E-state index in [9.17, 15) is 14.4 Å². The number of imide groups is 1. The van der Waals surface area contributed by atoms with Crippen LogP contribution in [0, 0.1) is 0 Å². The van der Waals surface area contributed by atoms with Gasteiger partial charge in [0.1, 0.15) is 17.5 Å². The molecule has 0 bridgehead atoms. The molecule has 0 unspecified atom stereocenters. The average Bonchev–Trinajstić information content (AvgIpc) is 2.45. The first kappa shape index (κ1) is 14.8. The van der Waals surface area contributed by atoms with Crippen LogP contribution in [0.15, 0.2) is 30.0 Å². The van der Waals surface area contributed by atoms with Gasteiger partial charge in [0.05, 0.1) is 7.11 Å². The minimum absolute atomic E-state index is 0.0819. The quantitative estimate of drug-likeness (QED) is 0.821. The number of piperazine rings is 1. The second-order valence-corrected chi connectivity index (χ2v) is 4.69. The lowest BCUT2D eigenvalue weighted by molar-refractivity contribution is -0.151. The first-order valence-electron chi connectivity index (χ1n) is 6.44. The van der Waals surface area contributed by atoms with Crippen molar-refractivity contribution in [2.24, 2.45) is 0 Å². The van der Waals surface area contributed by atoms with Gasteiger partial charge in [-0.2, -0.15) is 0 Å². The summed E-state index contributed by atoms with van der Waals surface area (Å²) in [6.45, 7) is 2.77. The summed E-state index contributed by atoms with van der Waals surface area (Å²) < 4.78 is 5.05. The van der Waals surface area contributed by atoms with Crippen molar-refractivity contribution < 1.29 is 19.1 Å². The lowest BCUT2D eigenvalue weighted by Crippen LogP contribution is -2.57. The maximum Gasteiger partial charge on any atom is 0.277 e. The number of rotatable bonds is 2. The van der Waals surface area contributed by atoms with Crippen molar-refractivity contribution in [1.82, 2.24) is 10.2 Å². The highest BCUT2D eigenvalue weighted by molar-refractivity contribution is 6.13. The van der Waals surface area contributed by atoms with Gasteiger partial charge < -0.3 is 10.1 Å². The second-order valence-electron chi connectivity index (χ2n) is 4.69. The molecule has 21 heavy (non-hydrogen) atoms. The van der Waals surface area contributed by atoms with E-state index in [1.807, 2.05) is 0 Å². The predicted molar refractivity (Wildman–Crippen MR) is 76.1 cm³/mol. The van der Waals surface area contributed by atoms with Crippen LogP contribution in [0.2, 0.25) is 0 Å². The van der Waals surface area contributed by atoms with Crippen LogP contribution in [-0.4, -0.2) is 35.8 Å². The summed E-state index contributed by atoms with van der Waals surface area (Å²) in [5.41, 5.74) is 0.802. The van der Waals surface area contributed by atoms with E-state index in [4.69, 9.17) is 4.74 Å². The molecule has 2 rings (SSSR count). The molecule has 0 aliphatic carbocycles. The van der Waals surface area contributed by atoms with E-state index < -0.39 is 17.9 Å². The number of ether oxygens (including phenoxy) is 1. The van der Waals surface area contributed by atoms with Crippen LogP contribution in [0.3, 0.4) is 0 Å². The maximum absolute atomic E-state index is 12.2. The van der Waals surface area contributed by atoms with E-state index in [1.165, 1.54) is 19.9 Å². The molecule has 0 saturated carbocycles. The van der Waals surface area contributed by atoms with Crippen LogP contribution in [0.4, 0.5) is 0 Å². The Kier molecular flexibility index (Phi) is 4.07. The Bertz CT molecular complexity index is 619. The van der Waals surface area contributed by atoms with Crippen LogP contribution < -0.4 is 10.1 Å². The van der Waals surface area contributed by atoms with E-state index in [2.05, 4.69) is 5.32 Å². The molecule has 6 nitrogen and oxygen atoms in total. The van der Waals surface area contributed by atoms with Crippen molar-refractivity contribution in [3.8, 4) is 5.75 Å². The number of benzene rings is 1. The van der Waals surface area contributed by atoms with Gasteiger partial charge in [0, 0.05) is 6.92 Å². The Morgan fingerprint density at radius 3 is 2.43 bits per heavy atom. The second kappa shape index (κ2) is 5.78. The fourth-order valence-corrected chi connectivity index (χ4v) is 2.09. The van der Waals surface area contributed by atoms with Crippen molar-refractivity contribution in [3.05, 3.63) is 35.5 Å². The highest BCUT2D eigenvalue weighted by atomic mass is 16.5. The van der Waals surface area contributed by atoms with Crippen molar-refractivity contribution in [2.45, 2.75) is 19.9 Å². The average molecular weight is 288 g/mol. The van der Waals surface area contributed by atoms with E-state index in [0.29, 0.717) is 5.75 Å². The first-order valence-corrected chi connectivity index (χ1v) is 6.44. The zero-order valence-corrected chi connectivity index (χ0v) is 12.0. The third kappa shape index (κ3) is 2.94. The number of nitrogens with one attached hydrogen (secondary N) is 1. The fourth-order valence-electron chi connectivity index (χ4n) is 2.09. The van der Waals surface area contributed by atoms with Gasteiger partial charge in [-0.3, -0.25) is 19.3 Å². The molecular weight excluding hydrogens is 272 g/mol. The maximum atomic E-state index is 12.2. The summed E-state index contributed by atoms with van der Waals surface area (Å²) in [4.78, 5) is 36.6. The molecule has 1 aromatic carbocycles. The molecule has 3 amide bonds. The van der Waals surface area contributed by atoms with Gasteiger partial charge in [-0.1, -0.05) is 12.1 Å². The summed E-state index contributed by atoms with van der Waals surface area (Å²) in [6.07, 6.45) is 1.53. The fraction of sp³-hybridized carbons (Fsp3) is 0.267. The van der Waals surface area contributed by atoms with Gasteiger partial charge >= 0.3 is 0 Å². The lowest BCUT2D eigenvalue weighted by Gasteiger charge is -2.31. The SMILES string of the molecule is COc1ccc(/C=C2/NC(=O)[C@H](C)N(C(C)=O)C2=O)cc1. The van der Waals surface area contributed by atoms with E-state index >= 15 is 0 Å². The summed E-state index contributed by atoms with van der Waals surface area (Å²) in [5, 5.41) is 2.53. The Balaban J connectivity index is 2.33. The largest absolute Gasteiger partial charge is 0.497 e. The minimum Gasteiger partial charge on any atom is -0.497 e. The number of carbonyl (C=O) groups is 3. The van der Waals surface area contributed by atoms with Crippen LogP contribution >= 0.6 is 0 Å². The minimum atomic E-state index is -0.803. The molecule has 1 aliphatic heterocycles. The molecule has 6 heteroatoms. The zero-order valence-electron chi connectivity index (χ0n) is 12.0. The Labute approximate surface area is 122 Å². The number of methoxy groups -OCH3 is 1. The highest BCUT2D eigenvalue weighted by Crippen LogP contribution is 2.17. The molecule has 1 saturated heterocycles. The molecule has 1 aliphatic rings. The van der Waals surface area contributed by atoms with Crippen molar-refractivity contribution >= 4 is 23.8 Å². The molecule has 0 spiro atoms. The molecule has 1 heterocycles. The van der Waals surface area contributed by atoms with Crippen molar-refractivity contribution in [2.75, 3.05) is 7.11 Å². The summed E-state index contributed by atoms with van der Waals surface area (Å²) >= 11 is 0. The van der Waals surface area contributed by atoms with Crippen LogP contribution in [0.5, 0.6) is 5.75 Å². The Morgan fingerprint density at radius 1 is 1.29 bits per heavy atom. The predicted octanol–water partition coefficient (Wildman–Crippen LogP) is 0.929. The Hall–Kier alpha value is -2.63. The molecule has 0 aromatic heterocycles. The van der Waals surface area contributed by atoms with E-state index in [0.717, 1.165) is 10.5 Å². The number of nitrogens with zero attached hydrogens (tertiary/aromatic N) is 1. The topological polar surface area (TPSA) is 75.7 Å². The van der Waals surface area contributed by atoms with Gasteiger partial charge in [-0.05, 0) is 30.7 Å². The van der Waals surface area contributed by atoms with Crippen molar-refractivity contribution in [1.29, 1.82) is 0 Å². The molecule has 1 N–H and O–H groups in total. The monoisotopic (exact) mass is 288 g/mol. The summed E-state index contributed by atoms with van der Waals surface area (Å²) in [7, 11) is 1.56. The van der Waals surface area contributed by atoms with E-state index in [-0.39, 0.29) is 11.6 Å². The van der Waals surface area contributed by atoms with Crippen molar-refractivity contribution in [3.63, 3.8) is 0 Å². The molecule has 1 fully saturated rings. The van der Waals surface area contributed by atoms with Gasteiger partial charge in [0.25, 0.3) is 5.91 Å². The summed E-state index contributed by atoms with van der Waals surface area (Å²) in [5.74, 6) is -0.659. The third-order valence-electron chi connectivity index (χ3n) is 3.24. The zero-order chi connectivity index (χ0) is 15.6. The summed E-state index contributed by atoms with van der Waals surface area (Å²) in [6, 6.07) is 6.19. The molecule has 0 radical (unpaired) electrons. The van der Waals surface area contributed by atoms with Gasteiger partial charge in [0.2, 0.25) is 11.8 Å². The first-order chi connectivity index (χ1) is 9.93. The van der Waals surface area contributed by atoms with E-state index in [1.54, 1.807) is 31.4 Å². The standard InChI is InChI=1S/C15H16N2O4/c1-9-14(19)16-13(15(20)17(9)10(2)18)8-11-4-6-12(21-3)7-5-11/h4-9H,1-3H3,(H,16,19)/b13-8+/t9-/m0/s1. The lowest BCUT2D eigenvalue weighted by atomic mass is 10.1. The number of hydrogen-bond acceptors (Lipinski definition) is 4. The Morgan fingerprint density at radius 2 is 1.90 bits per heavy atom. The normalized spacial score (nSPS) is 20.4. The highest BCUT2D eigenvalue weighted by Gasteiger charge is 2.37. The number of hydrogen-bond donors (Lipinski definition) is 1. The molecular formula is C15H16N2O4. The van der Waals surface area contributed by atoms with Crippen LogP contribution in [0.25, 0.3) is 6.08 Å². The van der Waals surface area contributed by atoms with Crippen LogP contribution in [-0.2, 0) is 14.4 Å². The van der Waals surface area contributed by atoms with Gasteiger partial charge in [-0.25, -0.2) is 0 Å². The molecule has 1 aromatic rings. The smallest absolute Gasteiger partial charge is 0.277 e. The molecule has 110 valence electrons. The molecule has 1 atom stereocenters. The van der Waals surface area contributed by atoms with Gasteiger partial charge in [0.15, 0.2) is 0 Å². The number of carbonyl (C=O) groups excluding carboxylic acids is 3. The van der Waals surface area contributed by atoms with Crippen LogP contribution in [0.1, 0.15) is 19.4 Å². The number of amides is 3. The third-order valence-corrected chi connectivity index (χ3v) is 3.24.